The van der Waals surface area contributed by atoms with Crippen LogP contribution in [0.25, 0.3) is 0 Å². The van der Waals surface area contributed by atoms with Crippen LogP contribution in [0, 0.1) is 11.6 Å². The van der Waals surface area contributed by atoms with Crippen LogP contribution in [0.15, 0.2) is 18.2 Å². The van der Waals surface area contributed by atoms with E-state index in [-0.39, 0.29) is 11.6 Å². The van der Waals surface area contributed by atoms with E-state index in [1.54, 1.807) is 0 Å². The molecule has 0 saturated carbocycles. The number of halogens is 2. The van der Waals surface area contributed by atoms with Crippen LogP contribution in [-0.2, 0) is 6.54 Å². The van der Waals surface area contributed by atoms with E-state index in [1.165, 1.54) is 18.2 Å². The molecule has 1 fully saturated rings. The zero-order chi connectivity index (χ0) is 14.5. The van der Waals surface area contributed by atoms with Gasteiger partial charge in [0.05, 0.1) is 0 Å². The molecule has 0 amide bonds. The molecule has 2 atom stereocenters. The molecule has 2 rings (SSSR count). The Labute approximate surface area is 120 Å². The van der Waals surface area contributed by atoms with Crippen molar-refractivity contribution in [1.29, 1.82) is 0 Å². The third kappa shape index (κ3) is 4.00. The molecule has 1 aromatic rings. The van der Waals surface area contributed by atoms with Gasteiger partial charge in [-0.05, 0) is 44.5 Å². The van der Waals surface area contributed by atoms with Crippen molar-refractivity contribution < 1.29 is 8.78 Å². The Morgan fingerprint density at radius 3 is 2.90 bits per heavy atom. The van der Waals surface area contributed by atoms with Gasteiger partial charge < -0.3 is 5.32 Å². The molecule has 0 radical (unpaired) electrons. The van der Waals surface area contributed by atoms with Crippen LogP contribution in [0.2, 0.25) is 0 Å². The van der Waals surface area contributed by atoms with E-state index >= 15 is 0 Å². The topological polar surface area (TPSA) is 15.3 Å². The van der Waals surface area contributed by atoms with Gasteiger partial charge in [0.25, 0.3) is 0 Å². The summed E-state index contributed by atoms with van der Waals surface area (Å²) in [5, 5.41) is 3.55. The van der Waals surface area contributed by atoms with Crippen molar-refractivity contribution in [3.8, 4) is 0 Å². The second-order valence-electron chi connectivity index (χ2n) is 5.74. The maximum Gasteiger partial charge on any atom is 0.127 e. The average molecular weight is 282 g/mol. The van der Waals surface area contributed by atoms with Crippen LogP contribution >= 0.6 is 0 Å². The number of hydrogen-bond donors (Lipinski definition) is 1. The number of nitrogens with one attached hydrogen (secondary N) is 1. The first kappa shape index (κ1) is 15.4. The summed E-state index contributed by atoms with van der Waals surface area (Å²) in [6, 6.07) is 4.53. The van der Waals surface area contributed by atoms with Crippen molar-refractivity contribution >= 4 is 0 Å². The van der Waals surface area contributed by atoms with Crippen molar-refractivity contribution in [3.63, 3.8) is 0 Å². The fourth-order valence-corrected chi connectivity index (χ4v) is 2.85. The van der Waals surface area contributed by atoms with E-state index in [2.05, 4.69) is 24.1 Å². The highest BCUT2D eigenvalue weighted by Crippen LogP contribution is 2.18. The van der Waals surface area contributed by atoms with Crippen molar-refractivity contribution in [2.24, 2.45) is 0 Å². The molecule has 0 spiro atoms. The lowest BCUT2D eigenvalue weighted by atomic mass is 10.1. The number of rotatable bonds is 4. The molecular weight excluding hydrogens is 258 g/mol. The minimum atomic E-state index is -0.368. The zero-order valence-corrected chi connectivity index (χ0v) is 12.3. The maximum atomic E-state index is 13.8. The predicted octanol–water partition coefficient (Wildman–Crippen LogP) is 3.32. The quantitative estimate of drug-likeness (QED) is 0.911. The number of hydrogen-bond acceptors (Lipinski definition) is 2. The summed E-state index contributed by atoms with van der Waals surface area (Å²) in [7, 11) is 0. The minimum absolute atomic E-state index is 0.317. The van der Waals surface area contributed by atoms with E-state index in [9.17, 15) is 8.78 Å². The maximum absolute atomic E-state index is 13.8. The molecule has 0 aromatic heterocycles. The van der Waals surface area contributed by atoms with Crippen LogP contribution in [0.3, 0.4) is 0 Å². The van der Waals surface area contributed by atoms with Gasteiger partial charge in [0.1, 0.15) is 11.6 Å². The van der Waals surface area contributed by atoms with Gasteiger partial charge in [-0.1, -0.05) is 13.3 Å². The molecule has 1 aliphatic heterocycles. The largest absolute Gasteiger partial charge is 0.313 e. The molecule has 2 unspecified atom stereocenters. The average Bonchev–Trinajstić information content (AvgIpc) is 2.57. The Hall–Kier alpha value is -1.00. The Morgan fingerprint density at radius 1 is 1.35 bits per heavy atom. The fourth-order valence-electron chi connectivity index (χ4n) is 2.85. The van der Waals surface area contributed by atoms with E-state index in [0.717, 1.165) is 32.4 Å². The molecule has 0 aliphatic carbocycles. The van der Waals surface area contributed by atoms with E-state index < -0.39 is 0 Å². The molecule has 1 saturated heterocycles. The van der Waals surface area contributed by atoms with Crippen molar-refractivity contribution in [2.75, 3.05) is 13.1 Å². The van der Waals surface area contributed by atoms with Crippen LogP contribution in [0.4, 0.5) is 8.78 Å². The highest BCUT2D eigenvalue weighted by Gasteiger charge is 2.23. The summed E-state index contributed by atoms with van der Waals surface area (Å²) >= 11 is 0. The molecule has 1 N–H and O–H groups in total. The molecule has 112 valence electrons. The Morgan fingerprint density at radius 2 is 2.15 bits per heavy atom. The highest BCUT2D eigenvalue weighted by atomic mass is 19.1. The molecule has 0 bridgehead atoms. The molecule has 20 heavy (non-hydrogen) atoms. The summed E-state index contributed by atoms with van der Waals surface area (Å²) in [4.78, 5) is 2.26. The van der Waals surface area contributed by atoms with Gasteiger partial charge in [-0.25, -0.2) is 8.78 Å². The van der Waals surface area contributed by atoms with Crippen LogP contribution < -0.4 is 5.32 Å². The number of benzene rings is 1. The minimum Gasteiger partial charge on any atom is -0.313 e. The lowest BCUT2D eigenvalue weighted by Gasteiger charge is -2.29. The van der Waals surface area contributed by atoms with Crippen molar-refractivity contribution in [2.45, 2.75) is 51.7 Å². The van der Waals surface area contributed by atoms with Crippen LogP contribution in [-0.4, -0.2) is 30.1 Å². The smallest absolute Gasteiger partial charge is 0.127 e. The Kier molecular flexibility index (Phi) is 5.49. The van der Waals surface area contributed by atoms with Crippen LogP contribution in [0.5, 0.6) is 0 Å². The second kappa shape index (κ2) is 7.14. The second-order valence-corrected chi connectivity index (χ2v) is 5.74. The van der Waals surface area contributed by atoms with Gasteiger partial charge in [0, 0.05) is 30.7 Å². The van der Waals surface area contributed by atoms with Crippen molar-refractivity contribution in [1.82, 2.24) is 10.2 Å². The Bertz CT molecular complexity index is 436. The monoisotopic (exact) mass is 282 g/mol. The van der Waals surface area contributed by atoms with Gasteiger partial charge in [0.15, 0.2) is 0 Å². The summed E-state index contributed by atoms with van der Waals surface area (Å²) in [5.74, 6) is -0.685. The third-order valence-corrected chi connectivity index (χ3v) is 4.09. The predicted molar refractivity (Wildman–Crippen MR) is 77.5 cm³/mol. The van der Waals surface area contributed by atoms with Gasteiger partial charge >= 0.3 is 0 Å². The van der Waals surface area contributed by atoms with E-state index in [0.29, 0.717) is 24.2 Å². The van der Waals surface area contributed by atoms with Crippen molar-refractivity contribution in [3.05, 3.63) is 35.4 Å². The van der Waals surface area contributed by atoms with Gasteiger partial charge in [-0.3, -0.25) is 4.90 Å². The standard InChI is InChI=1S/C16H24F2N2/c1-3-4-15-11-20(12(2)7-8-19-15)10-13-9-14(17)5-6-16(13)18/h5-6,9,12,15,19H,3-4,7-8,10-11H2,1-2H3. The summed E-state index contributed by atoms with van der Waals surface area (Å²) in [6.45, 7) is 6.70. The first-order chi connectivity index (χ1) is 9.60. The van der Waals surface area contributed by atoms with Gasteiger partial charge in [-0.15, -0.1) is 0 Å². The zero-order valence-electron chi connectivity index (χ0n) is 12.3. The highest BCUT2D eigenvalue weighted by molar-refractivity contribution is 5.18. The third-order valence-electron chi connectivity index (χ3n) is 4.09. The van der Waals surface area contributed by atoms with E-state index in [4.69, 9.17) is 0 Å². The lowest BCUT2D eigenvalue weighted by Crippen LogP contribution is -2.39. The Balaban J connectivity index is 2.09. The van der Waals surface area contributed by atoms with Gasteiger partial charge in [-0.2, -0.15) is 0 Å². The fraction of sp³-hybridized carbons (Fsp3) is 0.625. The summed E-state index contributed by atoms with van der Waals surface area (Å²) < 4.78 is 27.1. The molecule has 2 nitrogen and oxygen atoms in total. The first-order valence-corrected chi connectivity index (χ1v) is 7.51. The lowest BCUT2D eigenvalue weighted by molar-refractivity contribution is 0.190. The summed E-state index contributed by atoms with van der Waals surface area (Å²) in [6.07, 6.45) is 3.29. The summed E-state index contributed by atoms with van der Waals surface area (Å²) in [5.41, 5.74) is 0.453. The number of nitrogens with zero attached hydrogens (tertiary/aromatic N) is 1. The normalized spacial score (nSPS) is 24.6. The molecular formula is C16H24F2N2. The SMILES string of the molecule is CCCC1CN(Cc2cc(F)ccc2F)C(C)CCN1. The first-order valence-electron chi connectivity index (χ1n) is 7.51. The van der Waals surface area contributed by atoms with Crippen LogP contribution in [0.1, 0.15) is 38.7 Å². The molecule has 1 heterocycles. The molecule has 4 heteroatoms. The molecule has 1 aliphatic rings. The van der Waals surface area contributed by atoms with E-state index in [1.807, 2.05) is 0 Å². The van der Waals surface area contributed by atoms with Gasteiger partial charge in [0.2, 0.25) is 0 Å². The molecule has 1 aromatic carbocycles.